The Labute approximate surface area is 120 Å². The highest BCUT2D eigenvalue weighted by atomic mass is 19.2. The minimum Gasteiger partial charge on any atom is -0.478 e. The standard InChI is InChI=1S/C15H15F2NO3/c1-15(2)8-5-18(6-9(8)15)13(19)7-3-4-10(16)12(17)11(7)14(20)21/h3-4,8-9H,5-6H2,1-2H3,(H,20,21). The van der Waals surface area contributed by atoms with Gasteiger partial charge in [-0.3, -0.25) is 4.79 Å². The third-order valence-corrected chi connectivity index (χ3v) is 4.95. The number of carboxylic acids is 1. The third kappa shape index (κ3) is 1.92. The summed E-state index contributed by atoms with van der Waals surface area (Å²) in [6, 6.07) is 1.83. The number of halogens is 2. The van der Waals surface area contributed by atoms with Crippen molar-refractivity contribution in [3.8, 4) is 0 Å². The molecule has 2 aliphatic rings. The van der Waals surface area contributed by atoms with Crippen molar-refractivity contribution < 1.29 is 23.5 Å². The van der Waals surface area contributed by atoms with Crippen LogP contribution in [0.3, 0.4) is 0 Å². The van der Waals surface area contributed by atoms with Crippen molar-refractivity contribution in [1.29, 1.82) is 0 Å². The van der Waals surface area contributed by atoms with Crippen molar-refractivity contribution in [1.82, 2.24) is 4.90 Å². The van der Waals surface area contributed by atoms with E-state index in [9.17, 15) is 18.4 Å². The molecule has 1 amide bonds. The second-order valence-electron chi connectivity index (χ2n) is 6.33. The molecule has 0 radical (unpaired) electrons. The zero-order valence-corrected chi connectivity index (χ0v) is 11.7. The van der Waals surface area contributed by atoms with Crippen molar-refractivity contribution in [2.45, 2.75) is 13.8 Å². The molecule has 2 atom stereocenters. The molecule has 21 heavy (non-hydrogen) atoms. The number of hydrogen-bond acceptors (Lipinski definition) is 2. The molecule has 0 aromatic heterocycles. The predicted octanol–water partition coefficient (Wildman–Crippen LogP) is 2.39. The number of amides is 1. The Bertz CT molecular complexity index is 643. The summed E-state index contributed by atoms with van der Waals surface area (Å²) < 4.78 is 26.8. The van der Waals surface area contributed by atoms with E-state index in [2.05, 4.69) is 13.8 Å². The molecule has 1 aromatic carbocycles. The zero-order valence-electron chi connectivity index (χ0n) is 11.7. The van der Waals surface area contributed by atoms with Crippen LogP contribution in [0, 0.1) is 28.9 Å². The number of fused-ring (bicyclic) bond motifs is 1. The first-order valence-electron chi connectivity index (χ1n) is 6.75. The number of rotatable bonds is 2. The van der Waals surface area contributed by atoms with Crippen LogP contribution in [0.25, 0.3) is 0 Å². The maximum absolute atomic E-state index is 13.6. The van der Waals surface area contributed by atoms with Crippen LogP contribution < -0.4 is 0 Å². The highest BCUT2D eigenvalue weighted by Crippen LogP contribution is 2.62. The minimum atomic E-state index is -1.64. The first-order chi connectivity index (χ1) is 9.75. The van der Waals surface area contributed by atoms with E-state index in [1.54, 1.807) is 0 Å². The third-order valence-electron chi connectivity index (χ3n) is 4.95. The Balaban J connectivity index is 1.90. The summed E-state index contributed by atoms with van der Waals surface area (Å²) in [4.78, 5) is 25.0. The van der Waals surface area contributed by atoms with Gasteiger partial charge < -0.3 is 10.0 Å². The summed E-state index contributed by atoms with van der Waals surface area (Å²) in [5.74, 6) is -4.14. The topological polar surface area (TPSA) is 57.6 Å². The van der Waals surface area contributed by atoms with Crippen molar-refractivity contribution in [2.24, 2.45) is 17.3 Å². The molecular formula is C15H15F2NO3. The quantitative estimate of drug-likeness (QED) is 0.911. The molecule has 1 heterocycles. The number of hydrogen-bond donors (Lipinski definition) is 1. The van der Waals surface area contributed by atoms with Gasteiger partial charge in [-0.05, 0) is 29.4 Å². The fourth-order valence-electron chi connectivity index (χ4n) is 3.41. The molecular weight excluding hydrogens is 280 g/mol. The van der Waals surface area contributed by atoms with E-state index < -0.39 is 29.1 Å². The predicted molar refractivity (Wildman–Crippen MR) is 70.0 cm³/mol. The van der Waals surface area contributed by atoms with Gasteiger partial charge in [-0.15, -0.1) is 0 Å². The summed E-state index contributed by atoms with van der Waals surface area (Å²) in [5, 5.41) is 9.03. The summed E-state index contributed by atoms with van der Waals surface area (Å²) in [5.41, 5.74) is -0.971. The molecule has 0 bridgehead atoms. The van der Waals surface area contributed by atoms with Crippen molar-refractivity contribution in [3.63, 3.8) is 0 Å². The normalized spacial score (nSPS) is 25.6. The molecule has 3 rings (SSSR count). The fraction of sp³-hybridized carbons (Fsp3) is 0.467. The summed E-state index contributed by atoms with van der Waals surface area (Å²) in [7, 11) is 0. The molecule has 112 valence electrons. The average Bonchev–Trinajstić information content (AvgIpc) is 2.81. The zero-order chi connectivity index (χ0) is 15.5. The fourth-order valence-corrected chi connectivity index (χ4v) is 3.41. The van der Waals surface area contributed by atoms with Crippen LogP contribution in [0.1, 0.15) is 34.6 Å². The van der Waals surface area contributed by atoms with Gasteiger partial charge in [-0.1, -0.05) is 13.8 Å². The first kappa shape index (κ1) is 14.0. The Hall–Kier alpha value is -1.98. The number of carbonyl (C=O) groups is 2. The lowest BCUT2D eigenvalue weighted by molar-refractivity contribution is 0.0668. The van der Waals surface area contributed by atoms with Gasteiger partial charge in [-0.25, -0.2) is 13.6 Å². The number of piperidine rings is 1. The van der Waals surface area contributed by atoms with Crippen LogP contribution in [0.15, 0.2) is 12.1 Å². The number of carbonyl (C=O) groups excluding carboxylic acids is 1. The van der Waals surface area contributed by atoms with Crippen LogP contribution in [0.2, 0.25) is 0 Å². The monoisotopic (exact) mass is 295 g/mol. The van der Waals surface area contributed by atoms with Crippen molar-refractivity contribution >= 4 is 11.9 Å². The molecule has 1 aliphatic heterocycles. The maximum Gasteiger partial charge on any atom is 0.339 e. The molecule has 1 aliphatic carbocycles. The van der Waals surface area contributed by atoms with E-state index in [0.29, 0.717) is 24.9 Å². The van der Waals surface area contributed by atoms with Crippen molar-refractivity contribution in [2.75, 3.05) is 13.1 Å². The Kier molecular flexibility index (Phi) is 2.83. The van der Waals surface area contributed by atoms with Crippen LogP contribution in [0.4, 0.5) is 8.78 Å². The number of nitrogens with zero attached hydrogens (tertiary/aromatic N) is 1. The van der Waals surface area contributed by atoms with E-state index in [-0.39, 0.29) is 11.0 Å². The van der Waals surface area contributed by atoms with Gasteiger partial charge in [0.05, 0.1) is 5.56 Å². The van der Waals surface area contributed by atoms with Gasteiger partial charge in [0.15, 0.2) is 11.6 Å². The highest BCUT2D eigenvalue weighted by molar-refractivity contribution is 6.05. The second kappa shape index (κ2) is 4.26. The maximum atomic E-state index is 13.6. The van der Waals surface area contributed by atoms with Gasteiger partial charge >= 0.3 is 5.97 Å². The number of carboxylic acid groups (broad SMARTS) is 1. The SMILES string of the molecule is CC1(C)C2CN(C(=O)c3ccc(F)c(F)c3C(=O)O)CC21. The Morgan fingerprint density at radius 2 is 1.81 bits per heavy atom. The Morgan fingerprint density at radius 3 is 2.33 bits per heavy atom. The number of benzene rings is 1. The second-order valence-corrected chi connectivity index (χ2v) is 6.33. The van der Waals surface area contributed by atoms with E-state index >= 15 is 0 Å². The largest absolute Gasteiger partial charge is 0.478 e. The molecule has 4 nitrogen and oxygen atoms in total. The van der Waals surface area contributed by atoms with Crippen LogP contribution >= 0.6 is 0 Å². The average molecular weight is 295 g/mol. The van der Waals surface area contributed by atoms with Gasteiger partial charge in [0.2, 0.25) is 0 Å². The molecule has 1 saturated heterocycles. The molecule has 1 N–H and O–H groups in total. The smallest absolute Gasteiger partial charge is 0.339 e. The number of likely N-dealkylation sites (tertiary alicyclic amines) is 1. The van der Waals surface area contributed by atoms with Crippen molar-refractivity contribution in [3.05, 3.63) is 34.9 Å². The van der Waals surface area contributed by atoms with Crippen LogP contribution in [0.5, 0.6) is 0 Å². The Morgan fingerprint density at radius 1 is 1.24 bits per heavy atom. The molecule has 0 spiro atoms. The molecule has 1 saturated carbocycles. The summed E-state index contributed by atoms with van der Waals surface area (Å²) >= 11 is 0. The lowest BCUT2D eigenvalue weighted by atomic mass is 10.0. The molecule has 6 heteroatoms. The highest BCUT2D eigenvalue weighted by Gasteiger charge is 2.62. The van der Waals surface area contributed by atoms with Crippen LogP contribution in [-0.2, 0) is 0 Å². The molecule has 2 unspecified atom stereocenters. The van der Waals surface area contributed by atoms with E-state index in [1.165, 1.54) is 4.90 Å². The van der Waals surface area contributed by atoms with Gasteiger partial charge in [-0.2, -0.15) is 0 Å². The van der Waals surface area contributed by atoms with Crippen LogP contribution in [-0.4, -0.2) is 35.0 Å². The molecule has 2 fully saturated rings. The minimum absolute atomic E-state index is 0.209. The summed E-state index contributed by atoms with van der Waals surface area (Å²) in [6.07, 6.45) is 0. The lowest BCUT2D eigenvalue weighted by Gasteiger charge is -2.23. The first-order valence-corrected chi connectivity index (χ1v) is 6.75. The number of aromatic carboxylic acids is 1. The van der Waals surface area contributed by atoms with Gasteiger partial charge in [0.25, 0.3) is 5.91 Å². The van der Waals surface area contributed by atoms with Gasteiger partial charge in [0, 0.05) is 13.1 Å². The van der Waals surface area contributed by atoms with Gasteiger partial charge in [0.1, 0.15) is 5.56 Å². The molecule has 1 aromatic rings. The van der Waals surface area contributed by atoms with E-state index in [0.717, 1.165) is 12.1 Å². The van der Waals surface area contributed by atoms with E-state index in [4.69, 9.17) is 5.11 Å². The van der Waals surface area contributed by atoms with E-state index in [1.807, 2.05) is 0 Å². The summed E-state index contributed by atoms with van der Waals surface area (Å²) in [6.45, 7) is 5.33. The lowest BCUT2D eigenvalue weighted by Crippen LogP contribution is -2.34.